The van der Waals surface area contributed by atoms with Crippen molar-refractivity contribution in [2.75, 3.05) is 24.5 Å². The van der Waals surface area contributed by atoms with E-state index in [0.717, 1.165) is 42.5 Å². The van der Waals surface area contributed by atoms with E-state index in [-0.39, 0.29) is 11.8 Å². The molecule has 1 aromatic carbocycles. The van der Waals surface area contributed by atoms with Gasteiger partial charge in [-0.05, 0) is 49.9 Å². The van der Waals surface area contributed by atoms with Crippen LogP contribution in [0.4, 0.5) is 5.95 Å². The summed E-state index contributed by atoms with van der Waals surface area (Å²) in [5.41, 5.74) is 2.11. The Labute approximate surface area is 153 Å². The Morgan fingerprint density at radius 2 is 2.12 bits per heavy atom. The summed E-state index contributed by atoms with van der Waals surface area (Å²) in [6.07, 6.45) is 4.47. The molecule has 132 valence electrons. The van der Waals surface area contributed by atoms with Crippen LogP contribution in [0.5, 0.6) is 0 Å². The van der Waals surface area contributed by atoms with Crippen LogP contribution in [0.25, 0.3) is 0 Å². The van der Waals surface area contributed by atoms with Crippen LogP contribution in [0.1, 0.15) is 24.1 Å². The van der Waals surface area contributed by atoms with Crippen LogP contribution in [0.15, 0.2) is 36.5 Å². The molecule has 3 rings (SSSR count). The van der Waals surface area contributed by atoms with Crippen molar-refractivity contribution in [3.63, 3.8) is 0 Å². The highest BCUT2D eigenvalue weighted by molar-refractivity contribution is 6.30. The maximum Gasteiger partial charge on any atom is 0.225 e. The van der Waals surface area contributed by atoms with Crippen molar-refractivity contribution >= 4 is 23.5 Å². The highest BCUT2D eigenvalue weighted by atomic mass is 35.5. The predicted molar refractivity (Wildman–Crippen MR) is 99.9 cm³/mol. The van der Waals surface area contributed by atoms with E-state index in [0.29, 0.717) is 13.1 Å². The minimum Gasteiger partial charge on any atom is -0.355 e. The summed E-state index contributed by atoms with van der Waals surface area (Å²) in [4.78, 5) is 23.4. The Kier molecular flexibility index (Phi) is 5.87. The first-order valence-corrected chi connectivity index (χ1v) is 9.06. The van der Waals surface area contributed by atoms with Crippen molar-refractivity contribution in [1.29, 1.82) is 0 Å². The van der Waals surface area contributed by atoms with Crippen LogP contribution in [0.2, 0.25) is 5.02 Å². The number of rotatable bonds is 5. The number of halogens is 1. The van der Waals surface area contributed by atoms with Crippen LogP contribution in [0, 0.1) is 12.8 Å². The fourth-order valence-electron chi connectivity index (χ4n) is 3.09. The summed E-state index contributed by atoms with van der Waals surface area (Å²) in [6, 6.07) is 9.62. The molecular formula is C19H23ClN4O. The molecule has 1 fully saturated rings. The van der Waals surface area contributed by atoms with Gasteiger partial charge in [-0.2, -0.15) is 0 Å². The summed E-state index contributed by atoms with van der Waals surface area (Å²) < 4.78 is 0. The average Bonchev–Trinajstić information content (AvgIpc) is 2.63. The molecule has 0 unspecified atom stereocenters. The highest BCUT2D eigenvalue weighted by Crippen LogP contribution is 2.20. The summed E-state index contributed by atoms with van der Waals surface area (Å²) in [6.45, 7) is 4.17. The molecule has 2 aromatic rings. The molecule has 0 spiro atoms. The van der Waals surface area contributed by atoms with Gasteiger partial charge in [0.25, 0.3) is 0 Å². The van der Waals surface area contributed by atoms with Gasteiger partial charge in [0, 0.05) is 36.5 Å². The van der Waals surface area contributed by atoms with Crippen LogP contribution in [0.3, 0.4) is 0 Å². The van der Waals surface area contributed by atoms with Gasteiger partial charge in [0.15, 0.2) is 0 Å². The van der Waals surface area contributed by atoms with Gasteiger partial charge < -0.3 is 10.2 Å². The Balaban J connectivity index is 1.50. The molecule has 0 radical (unpaired) electrons. The smallest absolute Gasteiger partial charge is 0.225 e. The lowest BCUT2D eigenvalue weighted by Gasteiger charge is -2.32. The van der Waals surface area contributed by atoms with E-state index in [1.54, 1.807) is 6.20 Å². The number of carbonyl (C=O) groups is 1. The summed E-state index contributed by atoms with van der Waals surface area (Å²) in [7, 11) is 0. The van der Waals surface area contributed by atoms with Gasteiger partial charge in [0.1, 0.15) is 0 Å². The van der Waals surface area contributed by atoms with Crippen molar-refractivity contribution in [2.45, 2.75) is 26.2 Å². The van der Waals surface area contributed by atoms with Crippen molar-refractivity contribution in [3.05, 3.63) is 52.8 Å². The Bertz CT molecular complexity index is 720. The summed E-state index contributed by atoms with van der Waals surface area (Å²) >= 11 is 5.89. The van der Waals surface area contributed by atoms with Gasteiger partial charge in [-0.15, -0.1) is 0 Å². The van der Waals surface area contributed by atoms with Crippen LogP contribution in [-0.2, 0) is 11.2 Å². The molecule has 25 heavy (non-hydrogen) atoms. The summed E-state index contributed by atoms with van der Waals surface area (Å²) in [5, 5.41) is 3.79. The Hall–Kier alpha value is -2.14. The van der Waals surface area contributed by atoms with Gasteiger partial charge in [0.2, 0.25) is 11.9 Å². The maximum atomic E-state index is 12.5. The molecule has 1 N–H and O–H groups in total. The van der Waals surface area contributed by atoms with Crippen LogP contribution < -0.4 is 10.2 Å². The average molecular weight is 359 g/mol. The SMILES string of the molecule is Cc1ccnc(N2CCC[C@H](C(=O)NCCc3ccc(Cl)cc3)C2)n1. The van der Waals surface area contributed by atoms with Gasteiger partial charge in [-0.25, -0.2) is 9.97 Å². The van der Waals surface area contributed by atoms with E-state index in [2.05, 4.69) is 20.2 Å². The van der Waals surface area contributed by atoms with E-state index < -0.39 is 0 Å². The van der Waals surface area contributed by atoms with E-state index in [1.807, 2.05) is 37.3 Å². The predicted octanol–water partition coefficient (Wildman–Crippen LogP) is 3.01. The minimum absolute atomic E-state index is 0.0110. The molecule has 1 saturated heterocycles. The summed E-state index contributed by atoms with van der Waals surface area (Å²) in [5.74, 6) is 0.827. The first-order valence-electron chi connectivity index (χ1n) is 8.68. The molecule has 1 aromatic heterocycles. The maximum absolute atomic E-state index is 12.5. The molecular weight excluding hydrogens is 336 g/mol. The fraction of sp³-hybridized carbons (Fsp3) is 0.421. The number of aryl methyl sites for hydroxylation is 1. The second-order valence-electron chi connectivity index (χ2n) is 6.45. The van der Waals surface area contributed by atoms with Gasteiger partial charge in [0.05, 0.1) is 5.92 Å². The first kappa shape index (κ1) is 17.7. The fourth-order valence-corrected chi connectivity index (χ4v) is 3.21. The van der Waals surface area contributed by atoms with E-state index in [9.17, 15) is 4.79 Å². The molecule has 5 nitrogen and oxygen atoms in total. The number of nitrogens with zero attached hydrogens (tertiary/aromatic N) is 3. The third-order valence-corrected chi connectivity index (χ3v) is 4.74. The third-order valence-electron chi connectivity index (χ3n) is 4.48. The number of anilines is 1. The number of benzene rings is 1. The standard InChI is InChI=1S/C19H23ClN4O/c1-14-8-10-22-19(23-14)24-12-2-3-16(13-24)18(25)21-11-9-15-4-6-17(20)7-5-15/h4-8,10,16H,2-3,9,11-13H2,1H3,(H,21,25)/t16-/m0/s1. The molecule has 6 heteroatoms. The lowest BCUT2D eigenvalue weighted by atomic mass is 9.97. The van der Waals surface area contributed by atoms with Crippen LogP contribution in [-0.4, -0.2) is 35.5 Å². The third kappa shape index (κ3) is 4.92. The largest absolute Gasteiger partial charge is 0.355 e. The second-order valence-corrected chi connectivity index (χ2v) is 6.89. The zero-order valence-electron chi connectivity index (χ0n) is 14.4. The quantitative estimate of drug-likeness (QED) is 0.892. The Morgan fingerprint density at radius 1 is 1.32 bits per heavy atom. The first-order chi connectivity index (χ1) is 12.1. The second kappa shape index (κ2) is 8.30. The molecule has 2 heterocycles. The van der Waals surface area contributed by atoms with Gasteiger partial charge in [-0.1, -0.05) is 23.7 Å². The number of amides is 1. The van der Waals surface area contributed by atoms with E-state index in [4.69, 9.17) is 11.6 Å². The lowest BCUT2D eigenvalue weighted by Crippen LogP contribution is -2.44. The number of nitrogens with one attached hydrogen (secondary N) is 1. The van der Waals surface area contributed by atoms with Crippen LogP contribution >= 0.6 is 11.6 Å². The molecule has 1 aliphatic heterocycles. The van der Waals surface area contributed by atoms with Crippen molar-refractivity contribution < 1.29 is 4.79 Å². The normalized spacial score (nSPS) is 17.4. The van der Waals surface area contributed by atoms with Crippen molar-refractivity contribution in [2.24, 2.45) is 5.92 Å². The monoisotopic (exact) mass is 358 g/mol. The number of piperidine rings is 1. The molecule has 0 aliphatic carbocycles. The molecule has 0 saturated carbocycles. The topological polar surface area (TPSA) is 58.1 Å². The molecule has 1 atom stereocenters. The van der Waals surface area contributed by atoms with E-state index >= 15 is 0 Å². The zero-order valence-corrected chi connectivity index (χ0v) is 15.2. The number of aromatic nitrogens is 2. The number of carbonyl (C=O) groups excluding carboxylic acids is 1. The van der Waals surface area contributed by atoms with E-state index in [1.165, 1.54) is 5.56 Å². The molecule has 0 bridgehead atoms. The number of hydrogen-bond acceptors (Lipinski definition) is 4. The van der Waals surface area contributed by atoms with Crippen molar-refractivity contribution in [3.8, 4) is 0 Å². The van der Waals surface area contributed by atoms with Crippen molar-refractivity contribution in [1.82, 2.24) is 15.3 Å². The van der Waals surface area contributed by atoms with Gasteiger partial charge >= 0.3 is 0 Å². The highest BCUT2D eigenvalue weighted by Gasteiger charge is 2.26. The lowest BCUT2D eigenvalue weighted by molar-refractivity contribution is -0.125. The number of hydrogen-bond donors (Lipinski definition) is 1. The zero-order chi connectivity index (χ0) is 17.6. The Morgan fingerprint density at radius 3 is 2.88 bits per heavy atom. The molecule has 1 aliphatic rings. The minimum atomic E-state index is -0.0110. The molecule has 1 amide bonds. The van der Waals surface area contributed by atoms with Gasteiger partial charge in [-0.3, -0.25) is 4.79 Å².